The molecule has 1 saturated heterocycles. The van der Waals surface area contributed by atoms with E-state index in [9.17, 15) is 19.7 Å². The van der Waals surface area contributed by atoms with E-state index >= 15 is 0 Å². The molecule has 1 aromatic carbocycles. The predicted octanol–water partition coefficient (Wildman–Crippen LogP) is 1.40. The van der Waals surface area contributed by atoms with Crippen LogP contribution >= 0.6 is 0 Å². The number of hydrogen-bond acceptors (Lipinski definition) is 6. The summed E-state index contributed by atoms with van der Waals surface area (Å²) in [6.07, 6.45) is 2.07. The second-order valence-corrected chi connectivity index (χ2v) is 6.01. The van der Waals surface area contributed by atoms with Gasteiger partial charge in [-0.1, -0.05) is 0 Å². The number of ether oxygens (including phenoxy) is 1. The highest BCUT2D eigenvalue weighted by Gasteiger charge is 2.26. The van der Waals surface area contributed by atoms with Gasteiger partial charge < -0.3 is 20.3 Å². The Morgan fingerprint density at radius 1 is 1.27 bits per heavy atom. The molecule has 2 amide bonds. The third-order valence-electron chi connectivity index (χ3n) is 4.13. The highest BCUT2D eigenvalue weighted by molar-refractivity contribution is 5.99. The van der Waals surface area contributed by atoms with Crippen molar-refractivity contribution in [3.05, 3.63) is 33.9 Å². The van der Waals surface area contributed by atoms with Gasteiger partial charge in [0.1, 0.15) is 5.56 Å². The molecule has 1 aromatic rings. The van der Waals surface area contributed by atoms with E-state index in [2.05, 4.69) is 10.6 Å². The van der Waals surface area contributed by atoms with Crippen LogP contribution in [-0.2, 0) is 9.53 Å². The topological polar surface area (TPSA) is 114 Å². The first-order valence-electron chi connectivity index (χ1n) is 8.60. The lowest BCUT2D eigenvalue weighted by atomic mass is 10.1. The summed E-state index contributed by atoms with van der Waals surface area (Å²) >= 11 is 0. The zero-order chi connectivity index (χ0) is 18.9. The molecule has 0 unspecified atom stereocenters. The summed E-state index contributed by atoms with van der Waals surface area (Å²) in [5, 5.41) is 17.0. The van der Waals surface area contributed by atoms with Gasteiger partial charge in [-0.2, -0.15) is 0 Å². The first kappa shape index (κ1) is 19.6. The number of amides is 2. The molecule has 2 N–H and O–H groups in total. The summed E-state index contributed by atoms with van der Waals surface area (Å²) in [4.78, 5) is 36.5. The summed E-state index contributed by atoms with van der Waals surface area (Å²) < 4.78 is 4.85. The van der Waals surface area contributed by atoms with Crippen LogP contribution in [0.3, 0.4) is 0 Å². The average Bonchev–Trinajstić information content (AvgIpc) is 3.15. The third-order valence-corrected chi connectivity index (χ3v) is 4.13. The summed E-state index contributed by atoms with van der Waals surface area (Å²) in [6, 6.07) is 4.35. The molecule has 0 saturated carbocycles. The van der Waals surface area contributed by atoms with E-state index in [0.717, 1.165) is 12.8 Å². The molecular weight excluding hydrogens is 340 g/mol. The average molecular weight is 364 g/mol. The zero-order valence-corrected chi connectivity index (χ0v) is 14.8. The highest BCUT2D eigenvalue weighted by atomic mass is 16.6. The molecule has 1 aliphatic heterocycles. The molecule has 1 aliphatic rings. The Hall–Kier alpha value is -2.68. The Morgan fingerprint density at radius 2 is 2.00 bits per heavy atom. The minimum atomic E-state index is -0.545. The van der Waals surface area contributed by atoms with E-state index in [-0.39, 0.29) is 29.5 Å². The molecule has 26 heavy (non-hydrogen) atoms. The number of benzene rings is 1. The van der Waals surface area contributed by atoms with Gasteiger partial charge in [-0.3, -0.25) is 19.7 Å². The molecule has 0 atom stereocenters. The molecule has 9 nitrogen and oxygen atoms in total. The molecule has 0 spiro atoms. The smallest absolute Gasteiger partial charge is 0.282 e. The van der Waals surface area contributed by atoms with Crippen molar-refractivity contribution in [1.82, 2.24) is 10.2 Å². The van der Waals surface area contributed by atoms with E-state index in [1.807, 2.05) is 0 Å². The summed E-state index contributed by atoms with van der Waals surface area (Å²) in [5.74, 6) is -0.444. The Kier molecular flexibility index (Phi) is 7.34. The number of nitro groups is 1. The molecule has 9 heteroatoms. The van der Waals surface area contributed by atoms with Gasteiger partial charge in [0.25, 0.3) is 11.6 Å². The van der Waals surface area contributed by atoms with Crippen molar-refractivity contribution >= 4 is 23.2 Å². The van der Waals surface area contributed by atoms with Gasteiger partial charge in [0.05, 0.1) is 11.5 Å². The second kappa shape index (κ2) is 9.71. The van der Waals surface area contributed by atoms with Crippen LogP contribution in [0.2, 0.25) is 0 Å². The lowest BCUT2D eigenvalue weighted by Gasteiger charge is -2.16. The quantitative estimate of drug-likeness (QED) is 0.389. The Labute approximate surface area is 151 Å². The van der Waals surface area contributed by atoms with Crippen molar-refractivity contribution in [2.75, 3.05) is 45.2 Å². The fourth-order valence-corrected chi connectivity index (χ4v) is 2.77. The number of hydrogen-bond donors (Lipinski definition) is 2. The van der Waals surface area contributed by atoms with Gasteiger partial charge in [0.2, 0.25) is 5.91 Å². The predicted molar refractivity (Wildman–Crippen MR) is 96.2 cm³/mol. The summed E-state index contributed by atoms with van der Waals surface area (Å²) in [7, 11) is 1.56. The fourth-order valence-electron chi connectivity index (χ4n) is 2.77. The van der Waals surface area contributed by atoms with E-state index in [0.29, 0.717) is 38.5 Å². The van der Waals surface area contributed by atoms with Crippen LogP contribution in [0, 0.1) is 10.1 Å². The van der Waals surface area contributed by atoms with E-state index < -0.39 is 4.92 Å². The van der Waals surface area contributed by atoms with Crippen molar-refractivity contribution in [2.24, 2.45) is 0 Å². The monoisotopic (exact) mass is 364 g/mol. The maximum atomic E-state index is 12.6. The molecule has 1 fully saturated rings. The van der Waals surface area contributed by atoms with Crippen LogP contribution in [0.25, 0.3) is 0 Å². The van der Waals surface area contributed by atoms with Crippen LogP contribution in [0.1, 0.15) is 29.6 Å². The van der Waals surface area contributed by atoms with E-state index in [4.69, 9.17) is 4.74 Å². The molecule has 0 aliphatic carbocycles. The summed E-state index contributed by atoms with van der Waals surface area (Å²) in [6.45, 7) is 2.49. The normalized spacial score (nSPS) is 13.5. The molecule has 2 rings (SSSR count). The van der Waals surface area contributed by atoms with Crippen LogP contribution < -0.4 is 10.6 Å². The molecule has 0 radical (unpaired) electrons. The maximum Gasteiger partial charge on any atom is 0.282 e. The number of carbonyl (C=O) groups is 2. The minimum absolute atomic E-state index is 0.0754. The van der Waals surface area contributed by atoms with Gasteiger partial charge >= 0.3 is 0 Å². The minimum Gasteiger partial charge on any atom is -0.385 e. The molecule has 142 valence electrons. The van der Waals surface area contributed by atoms with Gasteiger partial charge in [-0.05, 0) is 25.0 Å². The van der Waals surface area contributed by atoms with Crippen LogP contribution in [0.15, 0.2) is 18.2 Å². The Balaban J connectivity index is 1.99. The first-order valence-corrected chi connectivity index (χ1v) is 8.60. The van der Waals surface area contributed by atoms with Crippen LogP contribution in [0.5, 0.6) is 0 Å². The third kappa shape index (κ3) is 5.41. The number of rotatable bonds is 9. The van der Waals surface area contributed by atoms with Crippen LogP contribution in [-0.4, -0.2) is 61.5 Å². The van der Waals surface area contributed by atoms with Gasteiger partial charge in [0, 0.05) is 51.5 Å². The SMILES string of the molecule is COCCNC(=O)CCNc1ccc([N+](=O)[O-])c(C(=O)N2CCCC2)c1. The number of likely N-dealkylation sites (tertiary alicyclic amines) is 1. The highest BCUT2D eigenvalue weighted by Crippen LogP contribution is 2.25. The van der Waals surface area contributed by atoms with Gasteiger partial charge in [0.15, 0.2) is 0 Å². The van der Waals surface area contributed by atoms with Crippen molar-refractivity contribution in [2.45, 2.75) is 19.3 Å². The number of nitro benzene ring substituents is 1. The number of anilines is 1. The van der Waals surface area contributed by atoms with Crippen molar-refractivity contribution in [3.63, 3.8) is 0 Å². The molecule has 1 heterocycles. The molecule has 0 bridgehead atoms. The van der Waals surface area contributed by atoms with Gasteiger partial charge in [-0.15, -0.1) is 0 Å². The molecule has 0 aromatic heterocycles. The van der Waals surface area contributed by atoms with Gasteiger partial charge in [-0.25, -0.2) is 0 Å². The number of nitrogens with zero attached hydrogens (tertiary/aromatic N) is 2. The van der Waals surface area contributed by atoms with Crippen molar-refractivity contribution in [1.29, 1.82) is 0 Å². The van der Waals surface area contributed by atoms with E-state index in [1.54, 1.807) is 18.1 Å². The largest absolute Gasteiger partial charge is 0.385 e. The lowest BCUT2D eigenvalue weighted by molar-refractivity contribution is -0.385. The fraction of sp³-hybridized carbons (Fsp3) is 0.529. The molecular formula is C17H24N4O5. The number of methoxy groups -OCH3 is 1. The second-order valence-electron chi connectivity index (χ2n) is 6.01. The standard InChI is InChI=1S/C17H24N4O5/c1-26-11-8-19-16(22)6-7-18-13-4-5-15(21(24)25)14(12-13)17(23)20-9-2-3-10-20/h4-5,12,18H,2-3,6-11H2,1H3,(H,19,22). The number of carbonyl (C=O) groups excluding carboxylic acids is 2. The summed E-state index contributed by atoms with van der Waals surface area (Å²) in [5.41, 5.74) is 0.444. The maximum absolute atomic E-state index is 12.6. The lowest BCUT2D eigenvalue weighted by Crippen LogP contribution is -2.29. The van der Waals surface area contributed by atoms with Crippen LogP contribution in [0.4, 0.5) is 11.4 Å². The Morgan fingerprint density at radius 3 is 2.65 bits per heavy atom. The van der Waals surface area contributed by atoms with Crippen molar-refractivity contribution in [3.8, 4) is 0 Å². The zero-order valence-electron chi connectivity index (χ0n) is 14.8. The Bertz CT molecular complexity index is 659. The first-order chi connectivity index (χ1) is 12.5. The van der Waals surface area contributed by atoms with Crippen molar-refractivity contribution < 1.29 is 19.2 Å². The van der Waals surface area contributed by atoms with E-state index in [1.165, 1.54) is 12.1 Å². The number of nitrogens with one attached hydrogen (secondary N) is 2.